The van der Waals surface area contributed by atoms with Crippen molar-refractivity contribution in [2.45, 2.75) is 104 Å². The minimum Gasteiger partial charge on any atom is -0.327 e. The quantitative estimate of drug-likeness (QED) is 0.118. The van der Waals surface area contributed by atoms with Gasteiger partial charge in [0.25, 0.3) is 5.97 Å². The Labute approximate surface area is 160 Å². The van der Waals surface area contributed by atoms with Crippen LogP contribution in [-0.2, 0) is 19.0 Å². The van der Waals surface area contributed by atoms with E-state index in [1.165, 1.54) is 32.1 Å². The molecule has 0 radical (unpaired) electrons. The highest BCUT2D eigenvalue weighted by Gasteiger charge is 2.32. The van der Waals surface area contributed by atoms with Crippen LogP contribution in [0.25, 0.3) is 0 Å². The van der Waals surface area contributed by atoms with E-state index in [1.807, 2.05) is 0 Å². The number of hydrogen-bond donors (Lipinski definition) is 0. The van der Waals surface area contributed by atoms with Gasteiger partial charge >= 0.3 is 0 Å². The van der Waals surface area contributed by atoms with Crippen LogP contribution >= 0.6 is 0 Å². The van der Waals surface area contributed by atoms with Crippen molar-refractivity contribution in [3.05, 3.63) is 0 Å². The maximum absolute atomic E-state index is 9.97. The van der Waals surface area contributed by atoms with Crippen molar-refractivity contribution >= 4 is 6.08 Å². The summed E-state index contributed by atoms with van der Waals surface area (Å²) in [6.45, 7) is 8.95. The summed E-state index contributed by atoms with van der Waals surface area (Å²) in [5.41, 5.74) is 0. The average molecular weight is 372 g/mol. The molecule has 0 amide bonds. The monoisotopic (exact) mass is 371 g/mol. The van der Waals surface area contributed by atoms with Gasteiger partial charge in [0.15, 0.2) is 0 Å². The fourth-order valence-corrected chi connectivity index (χ4v) is 2.75. The highest BCUT2D eigenvalue weighted by atomic mass is 16.9. The van der Waals surface area contributed by atoms with Crippen molar-refractivity contribution in [3.63, 3.8) is 0 Å². The summed E-state index contributed by atoms with van der Waals surface area (Å²) in [5, 5.41) is 0. The van der Waals surface area contributed by atoms with E-state index in [-0.39, 0.29) is 0 Å². The van der Waals surface area contributed by atoms with E-state index in [0.717, 1.165) is 44.9 Å². The number of unbranched alkanes of at least 4 members (excludes halogenated alkanes) is 7. The van der Waals surface area contributed by atoms with Gasteiger partial charge in [0, 0.05) is 6.42 Å². The van der Waals surface area contributed by atoms with Gasteiger partial charge < -0.3 is 14.2 Å². The third kappa shape index (κ3) is 14.4. The first kappa shape index (κ1) is 25.3. The van der Waals surface area contributed by atoms with Crippen LogP contribution < -0.4 is 0 Å². The molecule has 0 aliphatic rings. The summed E-state index contributed by atoms with van der Waals surface area (Å²) in [5.74, 6) is -0.846. The Bertz CT molecular complexity index is 321. The van der Waals surface area contributed by atoms with Gasteiger partial charge in [-0.15, -0.1) is 0 Å². The number of hydrogen-bond acceptors (Lipinski definition) is 5. The van der Waals surface area contributed by atoms with Crippen LogP contribution in [0.2, 0.25) is 0 Å². The first-order chi connectivity index (χ1) is 12.7. The fraction of sp³-hybridized carbons (Fsp3) is 0.952. The van der Waals surface area contributed by atoms with Crippen LogP contribution in [0.4, 0.5) is 0 Å². The van der Waals surface area contributed by atoms with Gasteiger partial charge in [-0.1, -0.05) is 59.3 Å². The summed E-state index contributed by atoms with van der Waals surface area (Å²) in [6.07, 6.45) is 14.6. The van der Waals surface area contributed by atoms with Gasteiger partial charge in [-0.25, -0.2) is 9.79 Å². The lowest BCUT2D eigenvalue weighted by molar-refractivity contribution is -0.383. The zero-order chi connectivity index (χ0) is 19.3. The summed E-state index contributed by atoms with van der Waals surface area (Å²) in [6, 6.07) is 0. The van der Waals surface area contributed by atoms with Gasteiger partial charge in [0.1, 0.15) is 0 Å². The van der Waals surface area contributed by atoms with E-state index in [1.54, 1.807) is 6.08 Å². The maximum Gasteiger partial charge on any atom is 0.282 e. The predicted molar refractivity (Wildman–Crippen MR) is 106 cm³/mol. The second-order valence-electron chi connectivity index (χ2n) is 6.78. The molecule has 5 heteroatoms. The second kappa shape index (κ2) is 19.0. The van der Waals surface area contributed by atoms with Gasteiger partial charge in [0.05, 0.1) is 26.4 Å². The minimum atomic E-state index is -0.846. The summed E-state index contributed by atoms with van der Waals surface area (Å²) >= 11 is 0. The molecule has 0 saturated heterocycles. The van der Waals surface area contributed by atoms with E-state index < -0.39 is 5.97 Å². The number of ether oxygens (including phenoxy) is 3. The SMILES string of the molecule is CCCOC(CCCCCCCCCCN=C=O)(OCCC)OCCC. The number of aliphatic imine (C=N–C) groups is 1. The molecule has 154 valence electrons. The Morgan fingerprint density at radius 1 is 0.692 bits per heavy atom. The standard InChI is InChI=1S/C21H41NO4/c1-4-17-24-21(25-18-5-2,26-19-6-3)15-13-11-9-7-8-10-12-14-16-22-20-23/h4-19H2,1-3H3. The molecule has 0 aliphatic carbocycles. The number of nitrogens with zero attached hydrogens (tertiary/aromatic N) is 1. The molecule has 0 fully saturated rings. The van der Waals surface area contributed by atoms with Crippen LogP contribution in [0.15, 0.2) is 4.99 Å². The topological polar surface area (TPSA) is 57.1 Å². The van der Waals surface area contributed by atoms with Crippen LogP contribution in [0.5, 0.6) is 0 Å². The molecule has 0 aliphatic heterocycles. The molecule has 0 aromatic carbocycles. The molecule has 26 heavy (non-hydrogen) atoms. The van der Waals surface area contributed by atoms with Gasteiger partial charge in [-0.05, 0) is 32.1 Å². The molecule has 0 bridgehead atoms. The van der Waals surface area contributed by atoms with Crippen LogP contribution in [-0.4, -0.2) is 38.4 Å². The predicted octanol–water partition coefficient (Wildman–Crippen LogP) is 5.77. The van der Waals surface area contributed by atoms with Crippen molar-refractivity contribution in [2.75, 3.05) is 26.4 Å². The molecule has 0 rings (SSSR count). The lowest BCUT2D eigenvalue weighted by Gasteiger charge is -2.33. The van der Waals surface area contributed by atoms with E-state index >= 15 is 0 Å². The molecule has 0 N–H and O–H groups in total. The fourth-order valence-electron chi connectivity index (χ4n) is 2.75. The molecule has 0 saturated carbocycles. The molecule has 0 spiro atoms. The molecular weight excluding hydrogens is 330 g/mol. The van der Waals surface area contributed by atoms with Gasteiger partial charge in [-0.3, -0.25) is 0 Å². The smallest absolute Gasteiger partial charge is 0.282 e. The second-order valence-corrected chi connectivity index (χ2v) is 6.78. The Balaban J connectivity index is 4.00. The molecule has 0 unspecified atom stereocenters. The summed E-state index contributed by atoms with van der Waals surface area (Å²) < 4.78 is 18.0. The van der Waals surface area contributed by atoms with Crippen LogP contribution in [0.1, 0.15) is 97.8 Å². The number of carbonyl (C=O) groups excluding carboxylic acids is 1. The van der Waals surface area contributed by atoms with E-state index in [2.05, 4.69) is 25.8 Å². The van der Waals surface area contributed by atoms with E-state index in [4.69, 9.17) is 14.2 Å². The Morgan fingerprint density at radius 2 is 1.12 bits per heavy atom. The van der Waals surface area contributed by atoms with Crippen molar-refractivity contribution < 1.29 is 19.0 Å². The van der Waals surface area contributed by atoms with E-state index in [9.17, 15) is 4.79 Å². The molecule has 0 atom stereocenters. The Hall–Kier alpha value is -0.740. The van der Waals surface area contributed by atoms with Crippen molar-refractivity contribution in [1.82, 2.24) is 0 Å². The minimum absolute atomic E-state index is 0.624. The van der Waals surface area contributed by atoms with Crippen LogP contribution in [0.3, 0.4) is 0 Å². The highest BCUT2D eigenvalue weighted by Crippen LogP contribution is 2.25. The summed E-state index contributed by atoms with van der Waals surface area (Å²) in [7, 11) is 0. The zero-order valence-electron chi connectivity index (χ0n) is 17.4. The zero-order valence-corrected chi connectivity index (χ0v) is 17.4. The first-order valence-corrected chi connectivity index (χ1v) is 10.7. The highest BCUT2D eigenvalue weighted by molar-refractivity contribution is 5.32. The lowest BCUT2D eigenvalue weighted by Crippen LogP contribution is -2.40. The normalized spacial score (nSPS) is 11.5. The lowest BCUT2D eigenvalue weighted by atomic mass is 10.1. The average Bonchev–Trinajstić information content (AvgIpc) is 2.66. The molecule has 0 heterocycles. The number of isocyanates is 1. The first-order valence-electron chi connectivity index (χ1n) is 10.7. The molecule has 5 nitrogen and oxygen atoms in total. The van der Waals surface area contributed by atoms with Crippen molar-refractivity contribution in [1.29, 1.82) is 0 Å². The van der Waals surface area contributed by atoms with E-state index in [0.29, 0.717) is 26.4 Å². The largest absolute Gasteiger partial charge is 0.327 e. The van der Waals surface area contributed by atoms with Crippen LogP contribution in [0, 0.1) is 0 Å². The third-order valence-electron chi connectivity index (χ3n) is 4.15. The Morgan fingerprint density at radius 3 is 1.54 bits per heavy atom. The Kier molecular flexibility index (Phi) is 18.5. The maximum atomic E-state index is 9.97. The van der Waals surface area contributed by atoms with Crippen molar-refractivity contribution in [2.24, 2.45) is 4.99 Å². The number of rotatable bonds is 20. The molecule has 0 aromatic rings. The third-order valence-corrected chi connectivity index (χ3v) is 4.15. The molecule has 0 aromatic heterocycles. The molecular formula is C21H41NO4. The van der Waals surface area contributed by atoms with Gasteiger partial charge in [0.2, 0.25) is 6.08 Å². The summed E-state index contributed by atoms with van der Waals surface area (Å²) in [4.78, 5) is 13.5. The van der Waals surface area contributed by atoms with Gasteiger partial charge in [-0.2, -0.15) is 0 Å². The van der Waals surface area contributed by atoms with Crippen molar-refractivity contribution in [3.8, 4) is 0 Å².